The molecule has 0 unspecified atom stereocenters. The van der Waals surface area contributed by atoms with Gasteiger partial charge in [-0.1, -0.05) is 42.0 Å². The summed E-state index contributed by atoms with van der Waals surface area (Å²) < 4.78 is 4.72. The van der Waals surface area contributed by atoms with Gasteiger partial charge in [0.25, 0.3) is 0 Å². The number of ether oxygens (including phenoxy) is 1. The number of amidine groups is 1. The van der Waals surface area contributed by atoms with Crippen LogP contribution in [0.15, 0.2) is 54.3 Å². The summed E-state index contributed by atoms with van der Waals surface area (Å²) in [5.41, 5.74) is 4.99. The second-order valence-corrected chi connectivity index (χ2v) is 8.71. The Morgan fingerprint density at radius 2 is 1.84 bits per heavy atom. The zero-order valence-electron chi connectivity index (χ0n) is 17.6. The van der Waals surface area contributed by atoms with Crippen molar-refractivity contribution in [3.63, 3.8) is 0 Å². The molecule has 0 spiro atoms. The summed E-state index contributed by atoms with van der Waals surface area (Å²) in [6.45, 7) is 4.75. The van der Waals surface area contributed by atoms with E-state index in [1.54, 1.807) is 17.0 Å². The minimum atomic E-state index is -0.384. The highest BCUT2D eigenvalue weighted by molar-refractivity contribution is 7.13. The lowest BCUT2D eigenvalue weighted by atomic mass is 10.1. The first kappa shape index (κ1) is 20.8. The Morgan fingerprint density at radius 3 is 2.48 bits per heavy atom. The van der Waals surface area contributed by atoms with Gasteiger partial charge < -0.3 is 14.7 Å². The summed E-state index contributed by atoms with van der Waals surface area (Å²) in [4.78, 5) is 19.2. The third-order valence-electron chi connectivity index (χ3n) is 5.27. The van der Waals surface area contributed by atoms with Crippen LogP contribution in [0.1, 0.15) is 31.4 Å². The SMILES string of the molecule is COC(=O)c1ccc(CN2CC(O)=C(c3nc(-c4ccc(C)cc4)c(C)s3)C2=N)cc1. The van der Waals surface area contributed by atoms with Gasteiger partial charge in [0, 0.05) is 17.0 Å². The maximum atomic E-state index is 11.6. The smallest absolute Gasteiger partial charge is 0.337 e. The average molecular weight is 434 g/mol. The van der Waals surface area contributed by atoms with Crippen LogP contribution in [0.25, 0.3) is 16.8 Å². The molecule has 1 aliphatic rings. The maximum absolute atomic E-state index is 11.6. The van der Waals surface area contributed by atoms with E-state index in [2.05, 4.69) is 12.1 Å². The predicted octanol–water partition coefficient (Wildman–Crippen LogP) is 4.98. The fraction of sp³-hybridized carbons (Fsp3) is 0.208. The Kier molecular flexibility index (Phi) is 5.61. The van der Waals surface area contributed by atoms with Crippen LogP contribution in [0.5, 0.6) is 0 Å². The minimum Gasteiger partial charge on any atom is -0.510 e. The molecular weight excluding hydrogens is 410 g/mol. The van der Waals surface area contributed by atoms with Gasteiger partial charge in [-0.25, -0.2) is 9.78 Å². The normalized spacial score (nSPS) is 13.8. The molecule has 31 heavy (non-hydrogen) atoms. The molecule has 0 aliphatic carbocycles. The monoisotopic (exact) mass is 433 g/mol. The van der Waals surface area contributed by atoms with Gasteiger partial charge in [-0.3, -0.25) is 5.41 Å². The van der Waals surface area contributed by atoms with Crippen LogP contribution in [-0.2, 0) is 11.3 Å². The number of methoxy groups -OCH3 is 1. The third kappa shape index (κ3) is 4.09. The zero-order chi connectivity index (χ0) is 22.1. The molecule has 0 saturated heterocycles. The topological polar surface area (TPSA) is 86.5 Å². The third-order valence-corrected chi connectivity index (χ3v) is 6.25. The van der Waals surface area contributed by atoms with Crippen molar-refractivity contribution < 1.29 is 14.6 Å². The van der Waals surface area contributed by atoms with Crippen LogP contribution in [0.3, 0.4) is 0 Å². The van der Waals surface area contributed by atoms with Gasteiger partial charge in [-0.05, 0) is 31.5 Å². The van der Waals surface area contributed by atoms with Crippen molar-refractivity contribution in [3.8, 4) is 11.3 Å². The standard InChI is InChI=1S/C24H23N3O3S/c1-14-4-8-17(9-5-14)21-15(2)31-23(26-21)20-19(28)13-27(22(20)25)12-16-6-10-18(11-7-16)24(29)30-3/h4-11,25,28H,12-13H2,1-3H3. The summed E-state index contributed by atoms with van der Waals surface area (Å²) in [5, 5.41) is 19.9. The van der Waals surface area contributed by atoms with E-state index < -0.39 is 0 Å². The van der Waals surface area contributed by atoms with Gasteiger partial charge in [0.1, 0.15) is 16.6 Å². The Hall–Kier alpha value is -3.45. The van der Waals surface area contributed by atoms with Crippen LogP contribution in [0, 0.1) is 19.3 Å². The molecule has 7 heteroatoms. The van der Waals surface area contributed by atoms with Gasteiger partial charge in [-0.15, -0.1) is 11.3 Å². The summed E-state index contributed by atoms with van der Waals surface area (Å²) in [6.07, 6.45) is 0. The van der Waals surface area contributed by atoms with Crippen molar-refractivity contribution in [3.05, 3.63) is 80.9 Å². The first-order valence-corrected chi connectivity index (χ1v) is 10.7. The number of nitrogens with one attached hydrogen (secondary N) is 1. The summed E-state index contributed by atoms with van der Waals surface area (Å²) in [7, 11) is 1.35. The lowest BCUT2D eigenvalue weighted by Gasteiger charge is -2.18. The highest BCUT2D eigenvalue weighted by atomic mass is 32.1. The van der Waals surface area contributed by atoms with Gasteiger partial charge in [-0.2, -0.15) is 0 Å². The van der Waals surface area contributed by atoms with E-state index in [1.165, 1.54) is 24.0 Å². The number of thiazole rings is 1. The van der Waals surface area contributed by atoms with Gasteiger partial charge in [0.15, 0.2) is 0 Å². The number of carbonyl (C=O) groups is 1. The van der Waals surface area contributed by atoms with Crippen molar-refractivity contribution in [2.45, 2.75) is 20.4 Å². The molecule has 2 N–H and O–H groups in total. The van der Waals surface area contributed by atoms with Crippen molar-refractivity contribution in [1.29, 1.82) is 5.41 Å². The highest BCUT2D eigenvalue weighted by Crippen LogP contribution is 2.35. The second-order valence-electron chi connectivity index (χ2n) is 7.50. The van der Waals surface area contributed by atoms with E-state index in [0.717, 1.165) is 21.7 Å². The predicted molar refractivity (Wildman–Crippen MR) is 122 cm³/mol. The Balaban J connectivity index is 1.54. The maximum Gasteiger partial charge on any atom is 0.337 e. The van der Waals surface area contributed by atoms with Crippen LogP contribution < -0.4 is 0 Å². The minimum absolute atomic E-state index is 0.153. The van der Waals surface area contributed by atoms with E-state index in [0.29, 0.717) is 22.7 Å². The lowest BCUT2D eigenvalue weighted by molar-refractivity contribution is 0.0600. The van der Waals surface area contributed by atoms with Crippen LogP contribution in [0.2, 0.25) is 0 Å². The van der Waals surface area contributed by atoms with Crippen molar-refractivity contribution in [2.75, 3.05) is 13.7 Å². The summed E-state index contributed by atoms with van der Waals surface area (Å²) in [6, 6.07) is 15.2. The molecule has 0 radical (unpaired) electrons. The molecule has 2 aromatic carbocycles. The second kappa shape index (κ2) is 8.35. The molecule has 0 saturated carbocycles. The number of aromatic nitrogens is 1. The summed E-state index contributed by atoms with van der Waals surface area (Å²) in [5.74, 6) is 0.0183. The molecule has 1 aliphatic heterocycles. The number of esters is 1. The number of benzene rings is 2. The first-order chi connectivity index (χ1) is 14.9. The molecule has 3 aromatic rings. The molecule has 2 heterocycles. The lowest BCUT2D eigenvalue weighted by Crippen LogP contribution is -2.26. The Labute approximate surface area is 185 Å². The zero-order valence-corrected chi connectivity index (χ0v) is 18.4. The van der Waals surface area contributed by atoms with E-state index in [-0.39, 0.29) is 24.1 Å². The molecule has 0 fully saturated rings. The number of aryl methyl sites for hydroxylation is 2. The fourth-order valence-corrected chi connectivity index (χ4v) is 4.56. The first-order valence-electron chi connectivity index (χ1n) is 9.85. The number of aliphatic hydroxyl groups is 1. The van der Waals surface area contributed by atoms with Crippen LogP contribution in [-0.4, -0.2) is 40.4 Å². The Morgan fingerprint density at radius 1 is 1.16 bits per heavy atom. The number of rotatable bonds is 5. The van der Waals surface area contributed by atoms with Crippen molar-refractivity contribution >= 4 is 28.7 Å². The Bertz CT molecular complexity index is 1180. The molecule has 158 valence electrons. The van der Waals surface area contributed by atoms with E-state index in [4.69, 9.17) is 15.1 Å². The number of aliphatic hydroxyl groups excluding tert-OH is 1. The van der Waals surface area contributed by atoms with Gasteiger partial charge in [0.05, 0.1) is 30.5 Å². The largest absolute Gasteiger partial charge is 0.510 e. The number of nitrogens with zero attached hydrogens (tertiary/aromatic N) is 2. The van der Waals surface area contributed by atoms with E-state index in [1.807, 2.05) is 38.1 Å². The molecule has 6 nitrogen and oxygen atoms in total. The van der Waals surface area contributed by atoms with E-state index >= 15 is 0 Å². The number of hydrogen-bond acceptors (Lipinski definition) is 6. The van der Waals surface area contributed by atoms with Gasteiger partial charge in [0.2, 0.25) is 0 Å². The van der Waals surface area contributed by atoms with Crippen molar-refractivity contribution in [2.24, 2.45) is 0 Å². The number of hydrogen-bond donors (Lipinski definition) is 2. The molecule has 0 atom stereocenters. The molecule has 1 aromatic heterocycles. The van der Waals surface area contributed by atoms with Crippen molar-refractivity contribution in [1.82, 2.24) is 9.88 Å². The van der Waals surface area contributed by atoms with Crippen LogP contribution in [0.4, 0.5) is 0 Å². The number of carbonyl (C=O) groups excluding carboxylic acids is 1. The van der Waals surface area contributed by atoms with Crippen LogP contribution >= 0.6 is 11.3 Å². The van der Waals surface area contributed by atoms with E-state index in [9.17, 15) is 9.90 Å². The molecular formula is C24H23N3O3S. The summed E-state index contributed by atoms with van der Waals surface area (Å²) >= 11 is 1.49. The quantitative estimate of drug-likeness (QED) is 0.555. The highest BCUT2D eigenvalue weighted by Gasteiger charge is 2.31. The average Bonchev–Trinajstić information content (AvgIpc) is 3.27. The molecule has 4 rings (SSSR count). The fourth-order valence-electron chi connectivity index (χ4n) is 3.56. The molecule has 0 amide bonds. The molecule has 0 bridgehead atoms. The van der Waals surface area contributed by atoms with Gasteiger partial charge >= 0.3 is 5.97 Å².